The van der Waals surface area contributed by atoms with Crippen LogP contribution in [-0.4, -0.2) is 143 Å². The van der Waals surface area contributed by atoms with Crippen molar-refractivity contribution in [2.45, 2.75) is 188 Å². The second kappa shape index (κ2) is 31.2. The summed E-state index contributed by atoms with van der Waals surface area (Å²) >= 11 is 0. The molecule has 0 aliphatic carbocycles. The maximum atomic E-state index is 14.8. The molecule has 2 saturated heterocycles. The topological polar surface area (TPSA) is 314 Å². The molecule has 24 heteroatoms. The summed E-state index contributed by atoms with van der Waals surface area (Å²) in [5, 5.41) is 31.8. The molecule has 81 heavy (non-hydrogen) atoms. The van der Waals surface area contributed by atoms with Crippen molar-refractivity contribution < 1.29 is 90.2 Å². The van der Waals surface area contributed by atoms with E-state index in [0.29, 0.717) is 36.8 Å². The van der Waals surface area contributed by atoms with E-state index in [2.05, 4.69) is 41.1 Å². The van der Waals surface area contributed by atoms with Crippen molar-refractivity contribution >= 4 is 63.6 Å². The molecule has 0 spiro atoms. The number of amides is 8. The Bertz CT molecular complexity index is 2640. The van der Waals surface area contributed by atoms with E-state index in [1.54, 1.807) is 58.0 Å². The summed E-state index contributed by atoms with van der Waals surface area (Å²) in [5.74, 6) is -8.23. The van der Waals surface area contributed by atoms with Gasteiger partial charge in [0, 0.05) is 19.5 Å². The van der Waals surface area contributed by atoms with Crippen LogP contribution >= 0.6 is 0 Å². The largest absolute Gasteiger partial charge is 1.00 e. The van der Waals surface area contributed by atoms with Crippen molar-refractivity contribution in [1.82, 2.24) is 41.7 Å². The van der Waals surface area contributed by atoms with Gasteiger partial charge in [0.05, 0.1) is 6.04 Å². The van der Waals surface area contributed by atoms with E-state index in [1.807, 2.05) is 41.5 Å². The third kappa shape index (κ3) is 19.5. The van der Waals surface area contributed by atoms with Crippen LogP contribution in [0.4, 0.5) is 0 Å². The van der Waals surface area contributed by atoms with E-state index < -0.39 is 136 Å². The average Bonchev–Trinajstić information content (AvgIpc) is 4.24. The van der Waals surface area contributed by atoms with Crippen LogP contribution in [0.15, 0.2) is 59.6 Å². The Labute approximate surface area is 499 Å². The summed E-state index contributed by atoms with van der Waals surface area (Å²) in [4.78, 5) is 124. The zero-order valence-corrected chi connectivity index (χ0v) is 51.7. The van der Waals surface area contributed by atoms with Crippen LogP contribution in [0.1, 0.15) is 132 Å². The normalized spacial score (nSPS) is 26.2. The van der Waals surface area contributed by atoms with Gasteiger partial charge in [0.15, 0.2) is 0 Å². The second-order valence-corrected chi connectivity index (χ2v) is 23.8. The van der Waals surface area contributed by atoms with Gasteiger partial charge in [-0.3, -0.25) is 47.9 Å². The minimum atomic E-state index is -4.88. The van der Waals surface area contributed by atoms with Crippen molar-refractivity contribution in [3.05, 3.63) is 65.7 Å². The standard InChI is InChI=1S/C57H85N9O13S.Na/c1-11-35(9)47-54(72)61-41(29-33(5)6)51(69)62-46(34(7)8)57(75)66-27-17-21-45(66)56(74)65-26-16-20-44(65)53(71)60-43(31-38-22-24-39(25-23-38)79-80(76,77)78)50(68)59-42(30-37-18-14-13-15-19-37)49(67)58-40(28-32(3)4)52(70)63-48(36(10)12-2)55(73)64-47;/h13-15,18-19,22-25,32-36,40-48H,11-12,16-17,20-21,26-31H2,1-10H3,(H,58,67)(H,59,68)(H,60,71)(H,61,72)(H,62,69)(H,63,70)(H,64,73)(H,76,77,78);/q;+1/p-1/t35-,36-,40-,41-,42-,43-,44-,45-,46-,47-,48-;/m0./s1. The van der Waals surface area contributed by atoms with Crippen LogP contribution < -0.4 is 70.7 Å². The Morgan fingerprint density at radius 1 is 0.580 bits per heavy atom. The number of fused-ring (bicyclic) bond motifs is 2. The summed E-state index contributed by atoms with van der Waals surface area (Å²) in [7, 11) is -4.88. The van der Waals surface area contributed by atoms with Gasteiger partial charge in [0.2, 0.25) is 47.3 Å². The van der Waals surface area contributed by atoms with Crippen molar-refractivity contribution in [3.8, 4) is 5.75 Å². The number of carbonyl (C=O) groups excluding carboxylic acids is 8. The summed E-state index contributed by atoms with van der Waals surface area (Å²) in [6.07, 6.45) is 2.03. The molecule has 0 saturated carbocycles. The van der Waals surface area contributed by atoms with Gasteiger partial charge in [-0.15, -0.1) is 0 Å². The van der Waals surface area contributed by atoms with Crippen LogP contribution in [0.2, 0.25) is 0 Å². The third-order valence-corrected chi connectivity index (χ3v) is 15.6. The molecule has 0 unspecified atom stereocenters. The number of nitrogens with zero attached hydrogens (tertiary/aromatic N) is 3. The number of aliphatic imine (C=N–C) groups is 1. The SMILES string of the molecule is CC[C@H](C)[C@@H]1NC(=O)[C@H](CC(C)C)N=C([O-])[C@H](Cc2ccccc2)NC(=O)[C@H](Cc2ccc(OS(=O)(=O)O)cc2)NC(=O)[C@@H]2CCCN2C(=O)[C@@H]2CCCN2C(=O)[C@H](C(C)C)NC(=O)[C@H](CC(C)C)NC(=O)[C@H]([C@@H](C)CC)NC1=O.[Na+]. The van der Waals surface area contributed by atoms with Gasteiger partial charge in [-0.1, -0.05) is 125 Å². The van der Waals surface area contributed by atoms with Crippen molar-refractivity contribution in [1.29, 1.82) is 0 Å². The molecular weight excluding hydrogens is 1070 g/mol. The maximum absolute atomic E-state index is 14.8. The molecule has 0 radical (unpaired) electrons. The molecule has 8 amide bonds. The Morgan fingerprint density at radius 2 is 1.05 bits per heavy atom. The quantitative estimate of drug-likeness (QED) is 0.0878. The number of nitrogens with one attached hydrogen (secondary N) is 6. The first-order valence-electron chi connectivity index (χ1n) is 28.2. The fourth-order valence-corrected chi connectivity index (χ4v) is 10.7. The predicted molar refractivity (Wildman–Crippen MR) is 297 cm³/mol. The molecule has 2 aromatic rings. The molecule has 11 atom stereocenters. The monoisotopic (exact) mass is 1160 g/mol. The first-order chi connectivity index (χ1) is 37.7. The van der Waals surface area contributed by atoms with Crippen molar-refractivity contribution in [2.75, 3.05) is 13.1 Å². The van der Waals surface area contributed by atoms with E-state index in [1.165, 1.54) is 34.1 Å². The van der Waals surface area contributed by atoms with Crippen molar-refractivity contribution in [2.24, 2.45) is 34.6 Å². The van der Waals surface area contributed by atoms with Gasteiger partial charge in [-0.05, 0) is 104 Å². The molecule has 0 aromatic heterocycles. The van der Waals surface area contributed by atoms with Crippen LogP contribution in [0.3, 0.4) is 0 Å². The van der Waals surface area contributed by atoms with Gasteiger partial charge < -0.3 is 51.0 Å². The molecule has 2 fully saturated rings. The van der Waals surface area contributed by atoms with E-state index in [9.17, 15) is 56.4 Å². The summed E-state index contributed by atoms with van der Waals surface area (Å²) < 4.78 is 36.8. The Morgan fingerprint density at radius 3 is 1.59 bits per heavy atom. The Kier molecular flexibility index (Phi) is 26.1. The number of carbonyl (C=O) groups is 8. The third-order valence-electron chi connectivity index (χ3n) is 15.2. The number of hydrogen-bond donors (Lipinski definition) is 7. The van der Waals surface area contributed by atoms with Crippen LogP contribution in [0.25, 0.3) is 0 Å². The second-order valence-electron chi connectivity index (χ2n) is 22.8. The fourth-order valence-electron chi connectivity index (χ4n) is 10.3. The molecule has 3 heterocycles. The molecule has 0 bridgehead atoms. The zero-order valence-electron chi connectivity index (χ0n) is 48.9. The number of benzene rings is 2. The van der Waals surface area contributed by atoms with E-state index in [-0.39, 0.29) is 98.8 Å². The van der Waals surface area contributed by atoms with E-state index in [4.69, 9.17) is 0 Å². The van der Waals surface area contributed by atoms with E-state index >= 15 is 0 Å². The maximum Gasteiger partial charge on any atom is 1.00 e. The molecule has 7 N–H and O–H groups in total. The summed E-state index contributed by atoms with van der Waals surface area (Å²) in [6, 6.07) is 2.97. The van der Waals surface area contributed by atoms with Gasteiger partial charge in [-0.25, -0.2) is 0 Å². The predicted octanol–water partition coefficient (Wildman–Crippen LogP) is -0.470. The summed E-state index contributed by atoms with van der Waals surface area (Å²) in [5.41, 5.74) is 0.991. The molecule has 22 nitrogen and oxygen atoms in total. The van der Waals surface area contributed by atoms with E-state index in [0.717, 1.165) is 0 Å². The number of rotatable bonds is 15. The minimum absolute atomic E-state index is 0. The number of hydrogen-bond acceptors (Lipinski definition) is 13. The molecule has 5 rings (SSSR count). The Balaban J connectivity index is 0.0000141. The smallest absolute Gasteiger partial charge is 0.861 e. The molecule has 3 aliphatic rings. The fraction of sp³-hybridized carbons (Fsp3) is 0.632. The molecule has 2 aromatic carbocycles. The van der Waals surface area contributed by atoms with Gasteiger partial charge in [0.1, 0.15) is 54.1 Å². The first kappa shape index (κ1) is 67.9. The van der Waals surface area contributed by atoms with Gasteiger partial charge >= 0.3 is 40.0 Å². The van der Waals surface area contributed by atoms with Crippen molar-refractivity contribution in [3.63, 3.8) is 0 Å². The summed E-state index contributed by atoms with van der Waals surface area (Å²) in [6.45, 7) is 18.4. The van der Waals surface area contributed by atoms with Gasteiger partial charge in [0.25, 0.3) is 0 Å². The van der Waals surface area contributed by atoms with Crippen LogP contribution in [-0.2, 0) is 61.6 Å². The first-order valence-corrected chi connectivity index (χ1v) is 29.6. The zero-order chi connectivity index (χ0) is 59.2. The Hall–Kier alpha value is -5.62. The molecule has 442 valence electrons. The van der Waals surface area contributed by atoms with Gasteiger partial charge in [-0.2, -0.15) is 8.42 Å². The average molecular weight is 1160 g/mol. The minimum Gasteiger partial charge on any atom is -0.861 e. The molecule has 3 aliphatic heterocycles. The van der Waals surface area contributed by atoms with Crippen LogP contribution in [0, 0.1) is 29.6 Å². The molecular formula is C57H84N9NaO13S. The van der Waals surface area contributed by atoms with Crippen LogP contribution in [0.5, 0.6) is 5.75 Å².